The van der Waals surface area contributed by atoms with Gasteiger partial charge in [0, 0.05) is 58.4 Å². The van der Waals surface area contributed by atoms with Crippen LogP contribution in [0.2, 0.25) is 0 Å². The highest BCUT2D eigenvalue weighted by Gasteiger charge is 2.30. The van der Waals surface area contributed by atoms with Crippen molar-refractivity contribution in [2.24, 2.45) is 21.1 Å². The molecule has 5 saturated carbocycles. The monoisotopic (exact) mass is 1570 g/mol. The first-order valence-electron chi connectivity index (χ1n) is 47.8. The van der Waals surface area contributed by atoms with Gasteiger partial charge in [0.15, 0.2) is 18.6 Å². The Morgan fingerprint density at radius 2 is 0.442 bits per heavy atom. The van der Waals surface area contributed by atoms with Crippen LogP contribution < -0.4 is 13.7 Å². The quantitative estimate of drug-likeness (QED) is 0.0962. The second-order valence-corrected chi connectivity index (χ2v) is 35.6. The van der Waals surface area contributed by atoms with Gasteiger partial charge in [-0.25, -0.2) is 13.7 Å². The first-order valence-corrected chi connectivity index (χ1v) is 45.3. The Bertz CT molecular complexity index is 6470. The molecule has 3 nitrogen and oxygen atoms in total. The maximum absolute atomic E-state index is 9.62. The highest BCUT2D eigenvalue weighted by Crippen LogP contribution is 2.46. The van der Waals surface area contributed by atoms with Crippen molar-refractivity contribution >= 4 is 32.3 Å². The highest BCUT2D eigenvalue weighted by molar-refractivity contribution is 5.95. The topological polar surface area (TPSA) is 11.6 Å². The Kier molecular flexibility index (Phi) is 22.5. The molecule has 0 bridgehead atoms. The Labute approximate surface area is 723 Å². The summed E-state index contributed by atoms with van der Waals surface area (Å²) in [5.74, 6) is -2.48. The normalized spacial score (nSPS) is 17.7. The molecule has 0 unspecified atom stereocenters. The molecule has 0 radical (unpaired) electrons. The zero-order valence-electron chi connectivity index (χ0n) is 77.0. The number of nitrogens with zero attached hydrogens (tertiary/aromatic N) is 3. The molecule has 3 heteroatoms. The summed E-state index contributed by atoms with van der Waals surface area (Å²) in [6, 6.07) is 99.9. The molecular formula is C117H122N3+3. The summed E-state index contributed by atoms with van der Waals surface area (Å²) in [5.41, 5.74) is 32.6. The van der Waals surface area contributed by atoms with Crippen LogP contribution in [0.5, 0.6) is 0 Å². The molecule has 0 saturated heterocycles. The van der Waals surface area contributed by atoms with Crippen molar-refractivity contribution in [2.75, 3.05) is 0 Å². The van der Waals surface area contributed by atoms with Crippen LogP contribution in [0.1, 0.15) is 240 Å². The molecule has 5 aliphatic rings. The van der Waals surface area contributed by atoms with E-state index in [0.717, 1.165) is 156 Å². The molecule has 15 aromatic rings. The standard InChI is InChI=1S/C41H44N.C40H42N.C36H36N/c1-29-11-9-10-16-38(29)41-27-39(40(28-42(41)2)33-14-7-4-8-15-33)37-24-23-35-25-34(21-22-36(35)26-37)32-19-17-31(18-20-32)30-12-5-3-6-13-30;1-28-10-6-9-15-37(28)40-26-38(39(27-41(40)2)32-13-4-3-5-14-32)36-23-22-34-24-33(20-21-35(34)25-36)31-18-16-30(17-19-31)29-11-7-8-12-29;1-25-13-15-27(16-14-25)29-17-18-31-22-32(20-19-30(31)21-29)34-23-36(33-12-8-7-9-26(33)2)37(3)24-35(34)28-10-5-4-6-11-28/h9-11,16-28,30,33H,3-8,12-15H2,1-2H3;6,9-10,15-27,29,32H,3-5,7-8,11-14H2,1-2H3;7-9,12-24,28H,4-6,10-11H2,1-3H3/q3*+1/i30D,33D;29D,32D;28D. The number of aryl methyl sites for hydroxylation is 7. The van der Waals surface area contributed by atoms with E-state index in [1.807, 2.05) is 0 Å². The molecule has 0 aliphatic heterocycles. The van der Waals surface area contributed by atoms with Crippen LogP contribution in [0, 0.1) is 27.7 Å². The number of rotatable bonds is 14. The lowest BCUT2D eigenvalue weighted by atomic mass is 9.81. The van der Waals surface area contributed by atoms with Gasteiger partial charge in [0.05, 0.1) is 0 Å². The third-order valence-corrected chi connectivity index (χ3v) is 27.4. The summed E-state index contributed by atoms with van der Waals surface area (Å²) in [7, 11) is 6.40. The molecule has 3 heterocycles. The third kappa shape index (κ3) is 17.6. The summed E-state index contributed by atoms with van der Waals surface area (Å²) in [5, 5.41) is 7.35. The van der Waals surface area contributed by atoms with Crippen LogP contribution in [0.15, 0.2) is 292 Å². The average molecular weight is 1580 g/mol. The van der Waals surface area contributed by atoms with Crippen LogP contribution in [0.3, 0.4) is 0 Å². The number of hydrogen-bond acceptors (Lipinski definition) is 0. The second-order valence-electron chi connectivity index (χ2n) is 35.6. The lowest BCUT2D eigenvalue weighted by Crippen LogP contribution is -2.32. The van der Waals surface area contributed by atoms with Crippen molar-refractivity contribution in [1.29, 1.82) is 0 Å². The molecule has 0 amide bonds. The van der Waals surface area contributed by atoms with Crippen molar-refractivity contribution in [2.45, 2.75) is 211 Å². The number of benzene rings is 12. The lowest BCUT2D eigenvalue weighted by Gasteiger charge is -2.24. The second kappa shape index (κ2) is 36.4. The summed E-state index contributed by atoms with van der Waals surface area (Å²) in [4.78, 5) is 0. The Hall–Kier alpha value is -11.1. The van der Waals surface area contributed by atoms with Gasteiger partial charge in [-0.05, 0) is 303 Å². The summed E-state index contributed by atoms with van der Waals surface area (Å²) in [6.45, 7) is 8.66. The number of pyridine rings is 3. The molecule has 602 valence electrons. The minimum atomic E-state index is -0.560. The first-order chi connectivity index (χ1) is 60.6. The van der Waals surface area contributed by atoms with Gasteiger partial charge in [-0.2, -0.15) is 0 Å². The number of aromatic nitrogens is 3. The third-order valence-electron chi connectivity index (χ3n) is 27.4. The van der Waals surface area contributed by atoms with Crippen LogP contribution in [-0.4, -0.2) is 0 Å². The molecule has 0 N–H and O–H groups in total. The van der Waals surface area contributed by atoms with E-state index in [1.165, 1.54) is 181 Å². The smallest absolute Gasteiger partial charge is 0.201 e. The maximum atomic E-state index is 9.62. The zero-order valence-corrected chi connectivity index (χ0v) is 72.0. The van der Waals surface area contributed by atoms with Crippen LogP contribution >= 0.6 is 0 Å². The summed E-state index contributed by atoms with van der Waals surface area (Å²) >= 11 is 0. The van der Waals surface area contributed by atoms with E-state index in [4.69, 9.17) is 2.74 Å². The molecular weight excluding hydrogens is 1450 g/mol. The van der Waals surface area contributed by atoms with E-state index >= 15 is 0 Å². The van der Waals surface area contributed by atoms with E-state index in [2.05, 4.69) is 354 Å². The van der Waals surface area contributed by atoms with Gasteiger partial charge in [-0.1, -0.05) is 296 Å². The maximum Gasteiger partial charge on any atom is 0.213 e. The van der Waals surface area contributed by atoms with Gasteiger partial charge < -0.3 is 0 Å². The zero-order chi connectivity index (χ0) is 86.2. The van der Waals surface area contributed by atoms with Gasteiger partial charge in [0.25, 0.3) is 0 Å². The van der Waals surface area contributed by atoms with E-state index < -0.39 is 29.5 Å². The summed E-state index contributed by atoms with van der Waals surface area (Å²) < 4.78 is 53.4. The minimum Gasteiger partial charge on any atom is -0.201 e. The Morgan fingerprint density at radius 3 is 0.717 bits per heavy atom. The molecule has 3 aromatic heterocycles. The van der Waals surface area contributed by atoms with E-state index in [0.29, 0.717) is 0 Å². The van der Waals surface area contributed by atoms with Crippen LogP contribution in [-0.2, 0) is 21.1 Å². The van der Waals surface area contributed by atoms with Gasteiger partial charge >= 0.3 is 0 Å². The van der Waals surface area contributed by atoms with E-state index in [-0.39, 0.29) is 0 Å². The van der Waals surface area contributed by atoms with Crippen molar-refractivity contribution in [1.82, 2.24) is 0 Å². The SMILES string of the molecule is [2H]C1(c2c[n+](C)c(-c3ccccc3C)cc2-c2ccc3cc(-c4ccc(C)cc4)ccc3c2)CCCCC1.[2H]C1(c2ccc(-c3ccc4cc(-c5cc(-c6ccccc6C)[n+](C)cc5C5([2H])CCCCC5)ccc4c3)cc2)CCCC1.[2H]C1(c2ccc(-c3ccc4cc(-c5cc(-c6ccccc6C)[n+](C)cc5C5([2H])CCCCC5)ccc4c3)cc2)CCCCC1. The fourth-order valence-corrected chi connectivity index (χ4v) is 20.3. The predicted octanol–water partition coefficient (Wildman–Crippen LogP) is 31.1. The fourth-order valence-electron chi connectivity index (χ4n) is 20.3. The van der Waals surface area contributed by atoms with E-state index in [9.17, 15) is 4.11 Å². The van der Waals surface area contributed by atoms with Gasteiger partial charge in [-0.3, -0.25) is 0 Å². The Morgan fingerprint density at radius 1 is 0.217 bits per heavy atom. The van der Waals surface area contributed by atoms with Crippen molar-refractivity contribution in [3.8, 4) is 101 Å². The molecule has 0 atom stereocenters. The van der Waals surface area contributed by atoms with Gasteiger partial charge in [0.2, 0.25) is 17.1 Å². The number of fused-ring (bicyclic) bond motifs is 3. The molecule has 5 aliphatic carbocycles. The lowest BCUT2D eigenvalue weighted by molar-refractivity contribution is -0.660. The first kappa shape index (κ1) is 74.0. The molecule has 120 heavy (non-hydrogen) atoms. The summed E-state index contributed by atoms with van der Waals surface area (Å²) in [6.07, 6.45) is 32.5. The van der Waals surface area contributed by atoms with Gasteiger partial charge in [0.1, 0.15) is 21.1 Å². The van der Waals surface area contributed by atoms with Crippen LogP contribution in [0.4, 0.5) is 0 Å². The minimum absolute atomic E-state index is 0.403. The predicted molar refractivity (Wildman–Crippen MR) is 508 cm³/mol. The van der Waals surface area contributed by atoms with Crippen molar-refractivity contribution in [3.05, 3.63) is 342 Å². The average Bonchev–Trinajstić information content (AvgIpc) is 1.01. The molecule has 20 rings (SSSR count). The number of hydrogen-bond donors (Lipinski definition) is 0. The molecule has 5 fully saturated rings. The molecule has 0 spiro atoms. The van der Waals surface area contributed by atoms with Gasteiger partial charge in [-0.15, -0.1) is 0 Å². The van der Waals surface area contributed by atoms with Crippen molar-refractivity contribution in [3.63, 3.8) is 0 Å². The van der Waals surface area contributed by atoms with Crippen LogP contribution in [0.25, 0.3) is 133 Å². The van der Waals surface area contributed by atoms with E-state index in [1.54, 1.807) is 0 Å². The fraction of sp³-hybridized carbons (Fsp3) is 0.308. The Balaban J connectivity index is 0.000000128. The van der Waals surface area contributed by atoms with Crippen molar-refractivity contribution < 1.29 is 20.6 Å². The highest BCUT2D eigenvalue weighted by atomic mass is 14.9. The molecule has 12 aromatic carbocycles. The largest absolute Gasteiger partial charge is 0.213 e.